The molecule has 5 nitrogen and oxygen atoms in total. The molecule has 6 heteroatoms. The molecule has 0 spiro atoms. The second-order valence-electron chi connectivity index (χ2n) is 5.75. The number of aliphatic hydroxyl groups excluding tert-OH is 1. The van der Waals surface area contributed by atoms with E-state index in [2.05, 4.69) is 44.7 Å². The average Bonchev–Trinajstić information content (AvgIpc) is 2.60. The second-order valence-corrected chi connectivity index (χ2v) is 6.58. The third-order valence-electron chi connectivity index (χ3n) is 4.05. The van der Waals surface area contributed by atoms with Crippen molar-refractivity contribution >= 4 is 17.6 Å². The van der Waals surface area contributed by atoms with Gasteiger partial charge in [-0.25, -0.2) is 0 Å². The average molecular weight is 330 g/mol. The minimum absolute atomic E-state index is 0.428. The summed E-state index contributed by atoms with van der Waals surface area (Å²) in [4.78, 5) is 2.30. The van der Waals surface area contributed by atoms with E-state index in [0.717, 1.165) is 24.5 Å². The van der Waals surface area contributed by atoms with Crippen molar-refractivity contribution in [2.45, 2.75) is 24.1 Å². The summed E-state index contributed by atoms with van der Waals surface area (Å²) < 4.78 is 0. The molecule has 1 aliphatic heterocycles. The van der Waals surface area contributed by atoms with Crippen LogP contribution in [0, 0.1) is 0 Å². The van der Waals surface area contributed by atoms with Crippen molar-refractivity contribution in [3.63, 3.8) is 0 Å². The predicted octanol–water partition coefficient (Wildman–Crippen LogP) is 2.03. The molecule has 0 fully saturated rings. The van der Waals surface area contributed by atoms with Gasteiger partial charge in [0.05, 0.1) is 6.10 Å². The molecule has 0 radical (unpaired) electrons. The lowest BCUT2D eigenvalue weighted by molar-refractivity contribution is 0.114. The predicted molar refractivity (Wildman–Crippen MR) is 93.7 cm³/mol. The summed E-state index contributed by atoms with van der Waals surface area (Å²) in [6.07, 6.45) is 2.59. The zero-order chi connectivity index (χ0) is 16.1. The minimum atomic E-state index is -0.428. The van der Waals surface area contributed by atoms with Crippen LogP contribution >= 0.6 is 11.8 Å². The van der Waals surface area contributed by atoms with Crippen LogP contribution in [-0.4, -0.2) is 52.2 Å². The van der Waals surface area contributed by atoms with Crippen LogP contribution in [0.25, 0.3) is 0 Å². The topological polar surface area (TPSA) is 61.3 Å². The number of hydrogen-bond acceptors (Lipinski definition) is 6. The number of hydrogen-bond donors (Lipinski definition) is 2. The Morgan fingerprint density at radius 2 is 2.04 bits per heavy atom. The summed E-state index contributed by atoms with van der Waals surface area (Å²) >= 11 is 1.56. The summed E-state index contributed by atoms with van der Waals surface area (Å²) in [5, 5.41) is 22.5. The highest BCUT2D eigenvalue weighted by Crippen LogP contribution is 2.18. The van der Waals surface area contributed by atoms with Gasteiger partial charge >= 0.3 is 0 Å². The summed E-state index contributed by atoms with van der Waals surface area (Å²) in [5.41, 5.74) is 2.80. The Hall–Kier alpha value is -1.63. The van der Waals surface area contributed by atoms with E-state index in [4.69, 9.17) is 0 Å². The van der Waals surface area contributed by atoms with Crippen molar-refractivity contribution in [3.05, 3.63) is 47.5 Å². The Balaban J connectivity index is 1.47. The highest BCUT2D eigenvalue weighted by Gasteiger charge is 2.18. The molecule has 0 amide bonds. The van der Waals surface area contributed by atoms with Crippen molar-refractivity contribution in [1.82, 2.24) is 15.1 Å². The lowest BCUT2D eigenvalue weighted by Crippen LogP contribution is -2.39. The third-order valence-corrected chi connectivity index (χ3v) is 4.68. The number of anilines is 1. The standard InChI is InChI=1S/C17H22N4OS/c1-23-17-7-6-16(19-20-17)18-10-15(22)12-21-9-8-13-4-2-3-5-14(13)11-21/h2-7,15,22H,8-12H2,1H3,(H,18,19). The Labute approximate surface area is 141 Å². The monoisotopic (exact) mass is 330 g/mol. The minimum Gasteiger partial charge on any atom is -0.390 e. The van der Waals surface area contributed by atoms with Gasteiger partial charge in [-0.1, -0.05) is 24.3 Å². The molecule has 1 aliphatic rings. The fourth-order valence-electron chi connectivity index (χ4n) is 2.82. The lowest BCUT2D eigenvalue weighted by Gasteiger charge is -2.30. The molecule has 2 N–H and O–H groups in total. The van der Waals surface area contributed by atoms with Crippen LogP contribution in [-0.2, 0) is 13.0 Å². The van der Waals surface area contributed by atoms with Crippen LogP contribution in [0.3, 0.4) is 0 Å². The zero-order valence-corrected chi connectivity index (χ0v) is 14.1. The van der Waals surface area contributed by atoms with Crippen LogP contribution in [0.2, 0.25) is 0 Å². The Bertz CT molecular complexity index is 635. The highest BCUT2D eigenvalue weighted by atomic mass is 32.2. The van der Waals surface area contributed by atoms with E-state index in [0.29, 0.717) is 18.9 Å². The number of nitrogens with zero attached hydrogens (tertiary/aromatic N) is 3. The summed E-state index contributed by atoms with van der Waals surface area (Å²) in [7, 11) is 0. The SMILES string of the molecule is CSc1ccc(NCC(O)CN2CCc3ccccc3C2)nn1. The van der Waals surface area contributed by atoms with Gasteiger partial charge in [-0.3, -0.25) is 4.90 Å². The van der Waals surface area contributed by atoms with Crippen molar-refractivity contribution in [2.24, 2.45) is 0 Å². The second kappa shape index (κ2) is 7.77. The number of aromatic nitrogens is 2. The molecule has 3 rings (SSSR count). The van der Waals surface area contributed by atoms with E-state index in [1.165, 1.54) is 11.1 Å². The van der Waals surface area contributed by atoms with E-state index in [1.807, 2.05) is 18.4 Å². The van der Waals surface area contributed by atoms with Crippen LogP contribution in [0.5, 0.6) is 0 Å². The molecular weight excluding hydrogens is 308 g/mol. The quantitative estimate of drug-likeness (QED) is 0.790. The fraction of sp³-hybridized carbons (Fsp3) is 0.412. The molecule has 1 atom stereocenters. The Morgan fingerprint density at radius 1 is 1.22 bits per heavy atom. The number of rotatable bonds is 6. The molecule has 1 unspecified atom stereocenters. The van der Waals surface area contributed by atoms with Gasteiger partial charge in [-0.15, -0.1) is 22.0 Å². The van der Waals surface area contributed by atoms with Gasteiger partial charge in [0.2, 0.25) is 0 Å². The molecule has 23 heavy (non-hydrogen) atoms. The van der Waals surface area contributed by atoms with Crippen LogP contribution in [0.1, 0.15) is 11.1 Å². The largest absolute Gasteiger partial charge is 0.390 e. The number of fused-ring (bicyclic) bond motifs is 1. The van der Waals surface area contributed by atoms with Gasteiger partial charge < -0.3 is 10.4 Å². The van der Waals surface area contributed by atoms with Gasteiger partial charge in [0.1, 0.15) is 10.8 Å². The molecule has 2 heterocycles. The smallest absolute Gasteiger partial charge is 0.148 e. The van der Waals surface area contributed by atoms with E-state index in [1.54, 1.807) is 11.8 Å². The normalized spacial score (nSPS) is 15.9. The first-order valence-corrected chi connectivity index (χ1v) is 9.06. The highest BCUT2D eigenvalue weighted by molar-refractivity contribution is 7.98. The molecular formula is C17H22N4OS. The Morgan fingerprint density at radius 3 is 2.78 bits per heavy atom. The first kappa shape index (κ1) is 16.2. The summed E-state index contributed by atoms with van der Waals surface area (Å²) in [6, 6.07) is 12.4. The van der Waals surface area contributed by atoms with Crippen molar-refractivity contribution in [1.29, 1.82) is 0 Å². The number of nitrogens with one attached hydrogen (secondary N) is 1. The van der Waals surface area contributed by atoms with Gasteiger partial charge in [0.25, 0.3) is 0 Å². The molecule has 122 valence electrons. The number of β-amino-alcohol motifs (C(OH)–C–C–N with tert-alkyl or cyclic N) is 1. The molecule has 1 aromatic heterocycles. The number of aliphatic hydroxyl groups is 1. The zero-order valence-electron chi connectivity index (χ0n) is 13.3. The van der Waals surface area contributed by atoms with Crippen molar-refractivity contribution in [2.75, 3.05) is 31.2 Å². The van der Waals surface area contributed by atoms with E-state index >= 15 is 0 Å². The maximum Gasteiger partial charge on any atom is 0.148 e. The maximum absolute atomic E-state index is 10.3. The van der Waals surface area contributed by atoms with E-state index in [9.17, 15) is 5.11 Å². The molecule has 0 saturated carbocycles. The summed E-state index contributed by atoms with van der Waals surface area (Å²) in [5.74, 6) is 0.700. The molecule has 0 bridgehead atoms. The van der Waals surface area contributed by atoms with Crippen molar-refractivity contribution in [3.8, 4) is 0 Å². The van der Waals surface area contributed by atoms with Crippen LogP contribution in [0.4, 0.5) is 5.82 Å². The first-order chi connectivity index (χ1) is 11.2. The van der Waals surface area contributed by atoms with Gasteiger partial charge in [0, 0.05) is 26.2 Å². The molecule has 2 aromatic rings. The molecule has 0 aliphatic carbocycles. The fourth-order valence-corrected chi connectivity index (χ4v) is 3.14. The molecule has 0 saturated heterocycles. The third kappa shape index (κ3) is 4.43. The number of thioether (sulfide) groups is 1. The summed E-state index contributed by atoms with van der Waals surface area (Å²) in [6.45, 7) is 3.05. The van der Waals surface area contributed by atoms with E-state index in [-0.39, 0.29) is 0 Å². The maximum atomic E-state index is 10.3. The van der Waals surface area contributed by atoms with E-state index < -0.39 is 6.10 Å². The molecule has 1 aromatic carbocycles. The Kier molecular flexibility index (Phi) is 5.48. The van der Waals surface area contributed by atoms with Crippen molar-refractivity contribution < 1.29 is 5.11 Å². The van der Waals surface area contributed by atoms with Gasteiger partial charge in [-0.05, 0) is 35.9 Å². The lowest BCUT2D eigenvalue weighted by atomic mass is 10.00. The first-order valence-electron chi connectivity index (χ1n) is 7.83. The van der Waals surface area contributed by atoms with Crippen LogP contribution in [0.15, 0.2) is 41.4 Å². The number of benzene rings is 1. The van der Waals surface area contributed by atoms with Crippen LogP contribution < -0.4 is 5.32 Å². The van der Waals surface area contributed by atoms with Gasteiger partial charge in [-0.2, -0.15) is 0 Å². The van der Waals surface area contributed by atoms with Gasteiger partial charge in [0.15, 0.2) is 0 Å².